The summed E-state index contributed by atoms with van der Waals surface area (Å²) in [4.78, 5) is 25.0. The number of pyridine rings is 1. The highest BCUT2D eigenvalue weighted by Crippen LogP contribution is 2.28. The molecule has 0 saturated heterocycles. The van der Waals surface area contributed by atoms with Crippen LogP contribution >= 0.6 is 12.6 Å². The average molecular weight is 265 g/mol. The number of hydrogen-bond acceptors (Lipinski definition) is 4. The molecule has 0 saturated carbocycles. The first-order chi connectivity index (χ1) is 8.56. The molecule has 2 rings (SSSR count). The van der Waals surface area contributed by atoms with Crippen molar-refractivity contribution in [1.29, 1.82) is 0 Å². The number of fused-ring (bicyclic) bond motifs is 1. The standard InChI is InChI=1S/C12H11NO4S/c14-10-8-6(4-5-18)2-1-3-7(8)13-11(15)9(10)12(16)17/h1-3,18H,4-5H2,(H,16,17)(H2,13,14,15). The van der Waals surface area contributed by atoms with Crippen LogP contribution in [0.2, 0.25) is 0 Å². The zero-order valence-electron chi connectivity index (χ0n) is 9.30. The largest absolute Gasteiger partial charge is 0.506 e. The molecule has 0 bridgehead atoms. The first-order valence-corrected chi connectivity index (χ1v) is 5.90. The molecule has 94 valence electrons. The smallest absolute Gasteiger partial charge is 0.345 e. The van der Waals surface area contributed by atoms with Crippen LogP contribution in [0.3, 0.4) is 0 Å². The van der Waals surface area contributed by atoms with Crippen LogP contribution in [0.4, 0.5) is 0 Å². The van der Waals surface area contributed by atoms with Crippen molar-refractivity contribution in [3.63, 3.8) is 0 Å². The summed E-state index contributed by atoms with van der Waals surface area (Å²) in [6.45, 7) is 0. The Morgan fingerprint density at radius 3 is 2.72 bits per heavy atom. The fourth-order valence-electron chi connectivity index (χ4n) is 1.93. The van der Waals surface area contributed by atoms with Crippen molar-refractivity contribution >= 4 is 29.5 Å². The number of H-pyrrole nitrogens is 1. The van der Waals surface area contributed by atoms with Crippen molar-refractivity contribution < 1.29 is 15.0 Å². The molecule has 1 heterocycles. The number of aromatic carboxylic acids is 1. The number of benzene rings is 1. The number of hydrogen-bond donors (Lipinski definition) is 4. The van der Waals surface area contributed by atoms with Gasteiger partial charge in [0.25, 0.3) is 5.56 Å². The zero-order valence-corrected chi connectivity index (χ0v) is 10.2. The summed E-state index contributed by atoms with van der Waals surface area (Å²) in [5, 5.41) is 19.3. The first kappa shape index (κ1) is 12.5. The number of aryl methyl sites for hydroxylation is 1. The number of nitrogens with one attached hydrogen (secondary N) is 1. The Kier molecular flexibility index (Phi) is 3.29. The molecule has 6 heteroatoms. The second-order valence-corrected chi connectivity index (χ2v) is 4.24. The average Bonchev–Trinajstić information content (AvgIpc) is 2.28. The SMILES string of the molecule is O=C(O)c1c(O)c2c(CCS)cccc2[nH]c1=O. The number of carboxylic acid groups (broad SMARTS) is 1. The summed E-state index contributed by atoms with van der Waals surface area (Å²) in [6.07, 6.45) is 0.569. The second-order valence-electron chi connectivity index (χ2n) is 3.80. The number of aromatic amines is 1. The molecule has 2 aromatic rings. The molecule has 0 aliphatic heterocycles. The van der Waals surface area contributed by atoms with Crippen molar-refractivity contribution in [2.24, 2.45) is 0 Å². The van der Waals surface area contributed by atoms with Crippen LogP contribution < -0.4 is 5.56 Å². The lowest BCUT2D eigenvalue weighted by Gasteiger charge is -2.08. The number of aromatic nitrogens is 1. The van der Waals surface area contributed by atoms with Gasteiger partial charge < -0.3 is 15.2 Å². The Hall–Kier alpha value is -1.95. The zero-order chi connectivity index (χ0) is 13.3. The molecule has 1 aromatic heterocycles. The highest BCUT2D eigenvalue weighted by Gasteiger charge is 2.19. The summed E-state index contributed by atoms with van der Waals surface area (Å²) in [7, 11) is 0. The summed E-state index contributed by atoms with van der Waals surface area (Å²) in [6, 6.07) is 5.11. The summed E-state index contributed by atoms with van der Waals surface area (Å²) in [5.74, 6) is -1.38. The maximum absolute atomic E-state index is 11.6. The number of thiol groups is 1. The van der Waals surface area contributed by atoms with E-state index in [2.05, 4.69) is 17.6 Å². The number of carboxylic acids is 1. The van der Waals surface area contributed by atoms with Gasteiger partial charge in [0, 0.05) is 5.39 Å². The van der Waals surface area contributed by atoms with Gasteiger partial charge in [-0.2, -0.15) is 12.6 Å². The summed E-state index contributed by atoms with van der Waals surface area (Å²) >= 11 is 4.11. The molecular weight excluding hydrogens is 254 g/mol. The van der Waals surface area contributed by atoms with Crippen molar-refractivity contribution in [3.05, 3.63) is 39.7 Å². The molecular formula is C12H11NO4S. The maximum Gasteiger partial charge on any atom is 0.345 e. The van der Waals surface area contributed by atoms with E-state index >= 15 is 0 Å². The van der Waals surface area contributed by atoms with E-state index in [1.807, 2.05) is 0 Å². The lowest BCUT2D eigenvalue weighted by Crippen LogP contribution is -2.18. The molecule has 0 unspecified atom stereocenters. The predicted octanol–water partition coefficient (Wildman–Crippen LogP) is 1.40. The number of aromatic hydroxyl groups is 1. The first-order valence-electron chi connectivity index (χ1n) is 5.27. The van der Waals surface area contributed by atoms with Crippen LogP contribution in [-0.2, 0) is 6.42 Å². The van der Waals surface area contributed by atoms with Crippen molar-refractivity contribution in [3.8, 4) is 5.75 Å². The van der Waals surface area contributed by atoms with Crippen LogP contribution in [-0.4, -0.2) is 26.9 Å². The van der Waals surface area contributed by atoms with Crippen LogP contribution in [0.5, 0.6) is 5.75 Å². The molecule has 0 fully saturated rings. The van der Waals surface area contributed by atoms with Gasteiger partial charge in [0.15, 0.2) is 5.56 Å². The normalized spacial score (nSPS) is 10.7. The van der Waals surface area contributed by atoms with E-state index in [1.165, 1.54) is 0 Å². The van der Waals surface area contributed by atoms with Crippen LogP contribution in [0, 0.1) is 0 Å². The van der Waals surface area contributed by atoms with Gasteiger partial charge >= 0.3 is 5.97 Å². The van der Waals surface area contributed by atoms with Crippen molar-refractivity contribution in [1.82, 2.24) is 4.98 Å². The lowest BCUT2D eigenvalue weighted by atomic mass is 10.0. The van der Waals surface area contributed by atoms with E-state index in [1.54, 1.807) is 18.2 Å². The third kappa shape index (κ3) is 1.95. The van der Waals surface area contributed by atoms with Gasteiger partial charge in [-0.3, -0.25) is 4.79 Å². The highest BCUT2D eigenvalue weighted by atomic mass is 32.1. The molecule has 0 aliphatic rings. The monoisotopic (exact) mass is 265 g/mol. The quantitative estimate of drug-likeness (QED) is 0.631. The van der Waals surface area contributed by atoms with E-state index in [-0.39, 0.29) is 0 Å². The van der Waals surface area contributed by atoms with Crippen LogP contribution in [0.25, 0.3) is 10.9 Å². The van der Waals surface area contributed by atoms with Crippen LogP contribution in [0.15, 0.2) is 23.0 Å². The fraction of sp³-hybridized carbons (Fsp3) is 0.167. The molecule has 5 nitrogen and oxygen atoms in total. The number of rotatable bonds is 3. The fourth-order valence-corrected chi connectivity index (χ4v) is 2.17. The third-order valence-corrected chi connectivity index (χ3v) is 2.92. The van der Waals surface area contributed by atoms with Gasteiger partial charge in [0.05, 0.1) is 5.52 Å². The van der Waals surface area contributed by atoms with Gasteiger partial charge in [-0.15, -0.1) is 0 Å². The Bertz CT molecular complexity index is 678. The minimum Gasteiger partial charge on any atom is -0.506 e. The van der Waals surface area contributed by atoms with E-state index in [4.69, 9.17) is 5.11 Å². The molecule has 3 N–H and O–H groups in total. The van der Waals surface area contributed by atoms with E-state index < -0.39 is 22.8 Å². The Morgan fingerprint density at radius 2 is 2.11 bits per heavy atom. The molecule has 0 amide bonds. The second kappa shape index (κ2) is 4.73. The molecule has 0 radical (unpaired) electrons. The van der Waals surface area contributed by atoms with Gasteiger partial charge in [0.2, 0.25) is 0 Å². The van der Waals surface area contributed by atoms with Crippen molar-refractivity contribution in [2.75, 3.05) is 5.75 Å². The highest BCUT2D eigenvalue weighted by molar-refractivity contribution is 7.80. The topological polar surface area (TPSA) is 90.4 Å². The molecule has 0 spiro atoms. The molecule has 18 heavy (non-hydrogen) atoms. The summed E-state index contributed by atoms with van der Waals surface area (Å²) < 4.78 is 0. The lowest BCUT2D eigenvalue weighted by molar-refractivity contribution is 0.0692. The van der Waals surface area contributed by atoms with Gasteiger partial charge in [0.1, 0.15) is 5.75 Å². The molecule has 0 atom stereocenters. The van der Waals surface area contributed by atoms with Crippen LogP contribution in [0.1, 0.15) is 15.9 Å². The third-order valence-electron chi connectivity index (χ3n) is 2.69. The molecule has 0 aliphatic carbocycles. The Balaban J connectivity index is 2.89. The minimum absolute atomic E-state index is 0.364. The summed E-state index contributed by atoms with van der Waals surface area (Å²) in [5.41, 5.74) is -0.273. The van der Waals surface area contributed by atoms with Gasteiger partial charge in [-0.05, 0) is 23.8 Å². The van der Waals surface area contributed by atoms with Gasteiger partial charge in [-0.1, -0.05) is 12.1 Å². The van der Waals surface area contributed by atoms with E-state index in [9.17, 15) is 14.7 Å². The Morgan fingerprint density at radius 1 is 1.39 bits per heavy atom. The minimum atomic E-state index is -1.45. The van der Waals surface area contributed by atoms with Gasteiger partial charge in [-0.25, -0.2) is 4.79 Å². The number of carbonyl (C=O) groups is 1. The van der Waals surface area contributed by atoms with E-state index in [0.29, 0.717) is 23.1 Å². The van der Waals surface area contributed by atoms with Crippen molar-refractivity contribution in [2.45, 2.75) is 6.42 Å². The maximum atomic E-state index is 11.6. The van der Waals surface area contributed by atoms with E-state index in [0.717, 1.165) is 5.56 Å². The predicted molar refractivity (Wildman–Crippen MR) is 70.7 cm³/mol. The Labute approximate surface area is 107 Å². The molecule has 1 aromatic carbocycles.